The normalized spacial score (nSPS) is 26.4. The number of hydrogen-bond donors (Lipinski definition) is 0. The van der Waals surface area contributed by atoms with Gasteiger partial charge in [0.15, 0.2) is 0 Å². The summed E-state index contributed by atoms with van der Waals surface area (Å²) in [6.07, 6.45) is 1.24. The fraction of sp³-hybridized carbons (Fsp3) is 0.750. The lowest BCUT2D eigenvalue weighted by atomic mass is 10.4. The maximum Gasteiger partial charge on any atom is 0.330 e. The van der Waals surface area contributed by atoms with Crippen LogP contribution in [0.4, 0.5) is 0 Å². The van der Waals surface area contributed by atoms with Gasteiger partial charge in [0.05, 0.1) is 33.0 Å². The lowest BCUT2D eigenvalue weighted by Crippen LogP contribution is -2.29. The fourth-order valence-corrected chi connectivity index (χ4v) is 1.28. The van der Waals surface area contributed by atoms with Crippen LogP contribution in [-0.4, -0.2) is 63.9 Å². The maximum absolute atomic E-state index is 11.0. The zero-order chi connectivity index (χ0) is 12.8. The SMILES string of the molecule is C=CC(=O)OCC(COCC1CO1)OCC1CO1. The van der Waals surface area contributed by atoms with Crippen LogP contribution >= 0.6 is 0 Å². The first kappa shape index (κ1) is 13.5. The van der Waals surface area contributed by atoms with Crippen LogP contribution in [0.15, 0.2) is 12.7 Å². The van der Waals surface area contributed by atoms with Crippen molar-refractivity contribution in [2.45, 2.75) is 18.3 Å². The van der Waals surface area contributed by atoms with Crippen molar-refractivity contribution in [1.82, 2.24) is 0 Å². The van der Waals surface area contributed by atoms with Crippen LogP contribution in [0.25, 0.3) is 0 Å². The highest BCUT2D eigenvalue weighted by molar-refractivity contribution is 5.81. The van der Waals surface area contributed by atoms with Gasteiger partial charge in [-0.05, 0) is 0 Å². The molecule has 2 fully saturated rings. The summed E-state index contributed by atoms with van der Waals surface area (Å²) in [5.41, 5.74) is 0. The van der Waals surface area contributed by atoms with Crippen LogP contribution in [0.1, 0.15) is 0 Å². The lowest BCUT2D eigenvalue weighted by Gasteiger charge is -2.17. The van der Waals surface area contributed by atoms with Gasteiger partial charge in [0, 0.05) is 6.08 Å². The Morgan fingerprint density at radius 3 is 2.56 bits per heavy atom. The van der Waals surface area contributed by atoms with Gasteiger partial charge in [-0.15, -0.1) is 0 Å². The van der Waals surface area contributed by atoms with Gasteiger partial charge in [-0.1, -0.05) is 6.58 Å². The van der Waals surface area contributed by atoms with Crippen molar-refractivity contribution in [3.63, 3.8) is 0 Å². The molecule has 0 radical (unpaired) electrons. The van der Waals surface area contributed by atoms with Gasteiger partial charge in [-0.25, -0.2) is 4.79 Å². The van der Waals surface area contributed by atoms with Crippen molar-refractivity contribution in [1.29, 1.82) is 0 Å². The maximum atomic E-state index is 11.0. The molecule has 6 nitrogen and oxygen atoms in total. The van der Waals surface area contributed by atoms with Crippen molar-refractivity contribution in [3.05, 3.63) is 12.7 Å². The van der Waals surface area contributed by atoms with Crippen molar-refractivity contribution >= 4 is 5.97 Å². The third kappa shape index (κ3) is 5.59. The van der Waals surface area contributed by atoms with E-state index in [1.165, 1.54) is 0 Å². The number of hydrogen-bond acceptors (Lipinski definition) is 6. The molecule has 3 atom stereocenters. The van der Waals surface area contributed by atoms with Gasteiger partial charge in [-0.3, -0.25) is 0 Å². The Labute approximate surface area is 106 Å². The molecule has 102 valence electrons. The Balaban J connectivity index is 1.61. The molecule has 0 aromatic rings. The van der Waals surface area contributed by atoms with Crippen LogP contribution in [0.5, 0.6) is 0 Å². The van der Waals surface area contributed by atoms with Gasteiger partial charge in [0.2, 0.25) is 0 Å². The Morgan fingerprint density at radius 1 is 1.28 bits per heavy atom. The quantitative estimate of drug-likeness (QED) is 0.310. The Morgan fingerprint density at radius 2 is 1.94 bits per heavy atom. The smallest absolute Gasteiger partial charge is 0.330 e. The first-order valence-corrected chi connectivity index (χ1v) is 5.99. The number of carbonyl (C=O) groups is 1. The first-order valence-electron chi connectivity index (χ1n) is 5.99. The fourth-order valence-electron chi connectivity index (χ4n) is 1.28. The summed E-state index contributed by atoms with van der Waals surface area (Å²) in [6.45, 7) is 6.40. The standard InChI is InChI=1S/C12H18O6/c1-2-12(13)18-8-10(16-6-11-7-17-11)4-14-3-9-5-15-9/h2,9-11H,1,3-8H2. The van der Waals surface area contributed by atoms with E-state index in [9.17, 15) is 4.79 Å². The number of epoxide rings is 2. The van der Waals surface area contributed by atoms with Crippen molar-refractivity contribution < 1.29 is 28.5 Å². The second-order valence-corrected chi connectivity index (χ2v) is 4.24. The monoisotopic (exact) mass is 258 g/mol. The Hall–Kier alpha value is -0.950. The molecule has 0 aromatic heterocycles. The molecule has 3 unspecified atom stereocenters. The molecule has 0 saturated carbocycles. The van der Waals surface area contributed by atoms with Crippen molar-refractivity contribution in [2.75, 3.05) is 39.6 Å². The molecule has 2 rings (SSSR count). The summed E-state index contributed by atoms with van der Waals surface area (Å²) in [4.78, 5) is 11.0. The van der Waals surface area contributed by atoms with E-state index in [1.54, 1.807) is 0 Å². The summed E-state index contributed by atoms with van der Waals surface area (Å²) in [5.74, 6) is -0.461. The van der Waals surface area contributed by atoms with Crippen LogP contribution in [0.2, 0.25) is 0 Å². The van der Waals surface area contributed by atoms with E-state index in [4.69, 9.17) is 23.7 Å². The molecular formula is C12H18O6. The minimum absolute atomic E-state index is 0.156. The van der Waals surface area contributed by atoms with E-state index >= 15 is 0 Å². The molecule has 0 aromatic carbocycles. The summed E-state index contributed by atoms with van der Waals surface area (Å²) < 4.78 is 26.0. The minimum Gasteiger partial charge on any atom is -0.460 e. The molecule has 2 aliphatic heterocycles. The molecule has 0 bridgehead atoms. The van der Waals surface area contributed by atoms with E-state index < -0.39 is 5.97 Å². The summed E-state index contributed by atoms with van der Waals surface area (Å²) >= 11 is 0. The largest absolute Gasteiger partial charge is 0.460 e. The predicted octanol–water partition coefficient (Wildman–Crippen LogP) is -0.0850. The number of carbonyl (C=O) groups excluding carboxylic acids is 1. The van der Waals surface area contributed by atoms with Gasteiger partial charge < -0.3 is 23.7 Å². The van der Waals surface area contributed by atoms with Gasteiger partial charge in [0.25, 0.3) is 0 Å². The third-order valence-corrected chi connectivity index (χ3v) is 2.51. The average molecular weight is 258 g/mol. The van der Waals surface area contributed by atoms with E-state index in [0.29, 0.717) is 19.8 Å². The summed E-state index contributed by atoms with van der Waals surface area (Å²) in [6, 6.07) is 0. The number of esters is 1. The van der Waals surface area contributed by atoms with Crippen molar-refractivity contribution in [3.8, 4) is 0 Å². The van der Waals surface area contributed by atoms with Crippen LogP contribution < -0.4 is 0 Å². The van der Waals surface area contributed by atoms with E-state index in [0.717, 1.165) is 19.3 Å². The van der Waals surface area contributed by atoms with Crippen LogP contribution in [0, 0.1) is 0 Å². The molecule has 0 amide bonds. The van der Waals surface area contributed by atoms with E-state index in [2.05, 4.69) is 6.58 Å². The molecule has 0 aliphatic carbocycles. The predicted molar refractivity (Wildman–Crippen MR) is 61.2 cm³/mol. The highest BCUT2D eigenvalue weighted by Gasteiger charge is 2.26. The molecule has 0 spiro atoms. The third-order valence-electron chi connectivity index (χ3n) is 2.51. The molecule has 2 heterocycles. The summed E-state index contributed by atoms with van der Waals surface area (Å²) in [5, 5.41) is 0. The highest BCUT2D eigenvalue weighted by atomic mass is 16.6. The molecule has 6 heteroatoms. The Bertz CT molecular complexity index is 284. The summed E-state index contributed by atoms with van der Waals surface area (Å²) in [7, 11) is 0. The van der Waals surface area contributed by atoms with Crippen molar-refractivity contribution in [2.24, 2.45) is 0 Å². The lowest BCUT2D eigenvalue weighted by molar-refractivity contribution is -0.144. The first-order chi connectivity index (χ1) is 8.78. The topological polar surface area (TPSA) is 69.8 Å². The zero-order valence-electron chi connectivity index (χ0n) is 10.2. The molecule has 2 saturated heterocycles. The highest BCUT2D eigenvalue weighted by Crippen LogP contribution is 2.12. The Kier molecular flexibility index (Phi) is 5.12. The molecule has 2 aliphatic rings. The number of ether oxygens (including phenoxy) is 5. The van der Waals surface area contributed by atoms with Crippen LogP contribution in [0.3, 0.4) is 0 Å². The van der Waals surface area contributed by atoms with Gasteiger partial charge >= 0.3 is 5.97 Å². The van der Waals surface area contributed by atoms with E-state index in [1.807, 2.05) is 0 Å². The number of rotatable bonds is 10. The second-order valence-electron chi connectivity index (χ2n) is 4.24. The zero-order valence-corrected chi connectivity index (χ0v) is 10.2. The van der Waals surface area contributed by atoms with Crippen LogP contribution in [-0.2, 0) is 28.5 Å². The van der Waals surface area contributed by atoms with Gasteiger partial charge in [0.1, 0.15) is 24.9 Å². The molecule has 0 N–H and O–H groups in total. The second kappa shape index (κ2) is 6.84. The molecular weight excluding hydrogens is 240 g/mol. The van der Waals surface area contributed by atoms with E-state index in [-0.39, 0.29) is 24.9 Å². The minimum atomic E-state index is -0.461. The average Bonchev–Trinajstić information content (AvgIpc) is 3.25. The van der Waals surface area contributed by atoms with Gasteiger partial charge in [-0.2, -0.15) is 0 Å². The molecule has 18 heavy (non-hydrogen) atoms.